The third kappa shape index (κ3) is 4.02. The van der Waals surface area contributed by atoms with Crippen molar-refractivity contribution in [2.45, 2.75) is 13.3 Å². The van der Waals surface area contributed by atoms with Gasteiger partial charge in [0.25, 0.3) is 0 Å². The molecule has 2 atom stereocenters. The highest BCUT2D eigenvalue weighted by Gasteiger charge is 2.48. The maximum Gasteiger partial charge on any atom is 0.307 e. The first-order chi connectivity index (χ1) is 7.52. The van der Waals surface area contributed by atoms with Gasteiger partial charge < -0.3 is 15.2 Å². The Morgan fingerprint density at radius 3 is 2.69 bits per heavy atom. The Labute approximate surface area is 94.5 Å². The zero-order valence-corrected chi connectivity index (χ0v) is 9.36. The highest BCUT2D eigenvalue weighted by Crippen LogP contribution is 2.38. The van der Waals surface area contributed by atoms with Crippen LogP contribution >= 0.6 is 0 Å². The summed E-state index contributed by atoms with van der Waals surface area (Å²) in [5.41, 5.74) is 0.930. The number of amides is 1. The SMILES string of the molecule is C=C(C)COCCNC(=O)C1CC1C(=O)O. The summed E-state index contributed by atoms with van der Waals surface area (Å²) < 4.78 is 5.19. The van der Waals surface area contributed by atoms with Crippen molar-refractivity contribution in [1.29, 1.82) is 0 Å². The molecule has 1 aliphatic rings. The van der Waals surface area contributed by atoms with Crippen molar-refractivity contribution in [1.82, 2.24) is 5.32 Å². The number of aliphatic carboxylic acids is 1. The van der Waals surface area contributed by atoms with E-state index >= 15 is 0 Å². The maximum atomic E-state index is 11.4. The summed E-state index contributed by atoms with van der Waals surface area (Å²) in [4.78, 5) is 21.9. The standard InChI is InChI=1S/C11H17NO4/c1-7(2)6-16-4-3-12-10(13)8-5-9(8)11(14)15/h8-9H,1,3-6H2,2H3,(H,12,13)(H,14,15). The van der Waals surface area contributed by atoms with Crippen molar-refractivity contribution < 1.29 is 19.4 Å². The number of rotatable bonds is 7. The summed E-state index contributed by atoms with van der Waals surface area (Å²) in [6.45, 7) is 6.85. The molecule has 2 unspecified atom stereocenters. The third-order valence-electron chi connectivity index (χ3n) is 2.34. The fourth-order valence-electron chi connectivity index (χ4n) is 1.38. The molecule has 0 radical (unpaired) electrons. The van der Waals surface area contributed by atoms with Gasteiger partial charge in [-0.15, -0.1) is 0 Å². The van der Waals surface area contributed by atoms with E-state index in [0.29, 0.717) is 26.2 Å². The van der Waals surface area contributed by atoms with Crippen LogP contribution in [-0.4, -0.2) is 36.7 Å². The van der Waals surface area contributed by atoms with Crippen molar-refractivity contribution >= 4 is 11.9 Å². The highest BCUT2D eigenvalue weighted by atomic mass is 16.5. The monoisotopic (exact) mass is 227 g/mol. The third-order valence-corrected chi connectivity index (χ3v) is 2.34. The van der Waals surface area contributed by atoms with E-state index < -0.39 is 11.9 Å². The fourth-order valence-corrected chi connectivity index (χ4v) is 1.38. The number of carbonyl (C=O) groups is 2. The van der Waals surface area contributed by atoms with E-state index in [2.05, 4.69) is 11.9 Å². The lowest BCUT2D eigenvalue weighted by atomic mass is 10.3. The van der Waals surface area contributed by atoms with Gasteiger partial charge in [0.1, 0.15) is 0 Å². The van der Waals surface area contributed by atoms with Gasteiger partial charge in [-0.25, -0.2) is 0 Å². The Bertz CT molecular complexity index is 300. The van der Waals surface area contributed by atoms with E-state index in [4.69, 9.17) is 9.84 Å². The van der Waals surface area contributed by atoms with E-state index in [1.54, 1.807) is 0 Å². The number of carboxylic acids is 1. The molecule has 90 valence electrons. The van der Waals surface area contributed by atoms with Crippen molar-refractivity contribution in [2.24, 2.45) is 11.8 Å². The minimum Gasteiger partial charge on any atom is -0.481 e. The lowest BCUT2D eigenvalue weighted by molar-refractivity contribution is -0.140. The predicted octanol–water partition coefficient (Wildman–Crippen LogP) is 0.416. The van der Waals surface area contributed by atoms with E-state index in [1.165, 1.54) is 0 Å². The molecule has 5 nitrogen and oxygen atoms in total. The van der Waals surface area contributed by atoms with Crippen molar-refractivity contribution in [3.05, 3.63) is 12.2 Å². The predicted molar refractivity (Wildman–Crippen MR) is 57.9 cm³/mol. The Kier molecular flexibility index (Phi) is 4.49. The zero-order valence-electron chi connectivity index (χ0n) is 9.36. The van der Waals surface area contributed by atoms with Crippen molar-refractivity contribution in [2.75, 3.05) is 19.8 Å². The van der Waals surface area contributed by atoms with Crippen LogP contribution in [0, 0.1) is 11.8 Å². The molecule has 0 saturated heterocycles. The topological polar surface area (TPSA) is 75.6 Å². The molecule has 16 heavy (non-hydrogen) atoms. The fraction of sp³-hybridized carbons (Fsp3) is 0.636. The van der Waals surface area contributed by atoms with Gasteiger partial charge in [-0.2, -0.15) is 0 Å². The molecule has 0 aromatic rings. The second kappa shape index (κ2) is 5.65. The lowest BCUT2D eigenvalue weighted by Gasteiger charge is -2.05. The van der Waals surface area contributed by atoms with E-state index in [9.17, 15) is 9.59 Å². The van der Waals surface area contributed by atoms with E-state index in [1.807, 2.05) is 6.92 Å². The molecule has 1 aliphatic carbocycles. The van der Waals surface area contributed by atoms with Gasteiger partial charge in [-0.3, -0.25) is 9.59 Å². The molecule has 0 heterocycles. The molecule has 0 bridgehead atoms. The summed E-state index contributed by atoms with van der Waals surface area (Å²) in [7, 11) is 0. The largest absolute Gasteiger partial charge is 0.481 e. The Balaban J connectivity index is 2.04. The maximum absolute atomic E-state index is 11.4. The average Bonchev–Trinajstić information content (AvgIpc) is 2.95. The van der Waals surface area contributed by atoms with Crippen LogP contribution in [0.15, 0.2) is 12.2 Å². The van der Waals surface area contributed by atoms with Crippen LogP contribution in [0.4, 0.5) is 0 Å². The first kappa shape index (κ1) is 12.7. The molecule has 5 heteroatoms. The number of hydrogen-bond donors (Lipinski definition) is 2. The molecule has 1 fully saturated rings. The van der Waals surface area contributed by atoms with Crippen LogP contribution in [0.5, 0.6) is 0 Å². The Morgan fingerprint density at radius 1 is 1.50 bits per heavy atom. The minimum absolute atomic E-state index is 0.189. The second-order valence-corrected chi connectivity index (χ2v) is 4.09. The van der Waals surface area contributed by atoms with Gasteiger partial charge in [-0.05, 0) is 13.3 Å². The number of nitrogens with one attached hydrogen (secondary N) is 1. The Hall–Kier alpha value is -1.36. The average molecular weight is 227 g/mol. The summed E-state index contributed by atoms with van der Waals surface area (Å²) in [6.07, 6.45) is 0.452. The van der Waals surface area contributed by atoms with Gasteiger partial charge in [0.15, 0.2) is 0 Å². The molecule has 0 spiro atoms. The van der Waals surface area contributed by atoms with E-state index in [0.717, 1.165) is 5.57 Å². The molecule has 0 aliphatic heterocycles. The van der Waals surface area contributed by atoms with Crippen LogP contribution in [-0.2, 0) is 14.3 Å². The molecule has 1 saturated carbocycles. The van der Waals surface area contributed by atoms with Gasteiger partial charge in [0, 0.05) is 6.54 Å². The zero-order chi connectivity index (χ0) is 12.1. The van der Waals surface area contributed by atoms with Crippen LogP contribution in [0.2, 0.25) is 0 Å². The number of ether oxygens (including phenoxy) is 1. The highest BCUT2D eigenvalue weighted by molar-refractivity contribution is 5.89. The van der Waals surface area contributed by atoms with Gasteiger partial charge >= 0.3 is 5.97 Å². The number of carboxylic acid groups (broad SMARTS) is 1. The molecule has 0 aromatic heterocycles. The first-order valence-electron chi connectivity index (χ1n) is 5.25. The lowest BCUT2D eigenvalue weighted by Crippen LogP contribution is -2.29. The quantitative estimate of drug-likeness (QED) is 0.488. The second-order valence-electron chi connectivity index (χ2n) is 4.09. The minimum atomic E-state index is -0.890. The van der Waals surface area contributed by atoms with Crippen LogP contribution in [0.25, 0.3) is 0 Å². The summed E-state index contributed by atoms with van der Waals surface area (Å²) in [6, 6.07) is 0. The molecular formula is C11H17NO4. The molecule has 0 aromatic carbocycles. The van der Waals surface area contributed by atoms with Gasteiger partial charge in [-0.1, -0.05) is 12.2 Å². The van der Waals surface area contributed by atoms with Crippen LogP contribution in [0.1, 0.15) is 13.3 Å². The van der Waals surface area contributed by atoms with Crippen molar-refractivity contribution in [3.8, 4) is 0 Å². The molecular weight excluding hydrogens is 210 g/mol. The smallest absolute Gasteiger partial charge is 0.307 e. The summed E-state index contributed by atoms with van der Waals surface area (Å²) in [5, 5.41) is 11.3. The molecule has 2 N–H and O–H groups in total. The summed E-state index contributed by atoms with van der Waals surface area (Å²) >= 11 is 0. The Morgan fingerprint density at radius 2 is 2.19 bits per heavy atom. The normalized spacial score (nSPS) is 22.6. The molecule has 1 rings (SSSR count). The van der Waals surface area contributed by atoms with Gasteiger partial charge in [0.2, 0.25) is 5.91 Å². The number of carbonyl (C=O) groups excluding carboxylic acids is 1. The van der Waals surface area contributed by atoms with Gasteiger partial charge in [0.05, 0.1) is 25.0 Å². The number of hydrogen-bond acceptors (Lipinski definition) is 3. The molecule has 1 amide bonds. The van der Waals surface area contributed by atoms with Crippen molar-refractivity contribution in [3.63, 3.8) is 0 Å². The van der Waals surface area contributed by atoms with Crippen LogP contribution in [0.3, 0.4) is 0 Å². The first-order valence-corrected chi connectivity index (χ1v) is 5.25. The van der Waals surface area contributed by atoms with Crippen LogP contribution < -0.4 is 5.32 Å². The summed E-state index contributed by atoms with van der Waals surface area (Å²) in [5.74, 6) is -1.92. The van der Waals surface area contributed by atoms with E-state index in [-0.39, 0.29) is 11.8 Å².